The average molecular weight is 608 g/mol. The molecule has 1 aliphatic heterocycles. The summed E-state index contributed by atoms with van der Waals surface area (Å²) in [4.78, 5) is 35.1. The summed E-state index contributed by atoms with van der Waals surface area (Å²) in [6.45, 7) is 7.20. The molecule has 1 saturated heterocycles. The standard InChI is InChI=1S/C33H32ClF2N3O2S/c1-4-21-12-13-24(34)17-28(21)39-29(16-20(2)3)25(32(40)38-14-6-5-7-15-38)18-26(33(39)41)31-37-27(19-42-31)22-8-10-23(11-9-22)30(35)36/h8-13,16-19,30H,4-7,14-15H2,1-3H3. The van der Waals surface area contributed by atoms with Crippen molar-refractivity contribution in [3.05, 3.63) is 97.2 Å². The van der Waals surface area contributed by atoms with E-state index in [0.29, 0.717) is 63.3 Å². The molecule has 2 aromatic heterocycles. The first-order chi connectivity index (χ1) is 20.2. The molecule has 42 heavy (non-hydrogen) atoms. The molecular formula is C33H32ClF2N3O2S. The molecule has 0 radical (unpaired) electrons. The number of allylic oxidation sites excluding steroid dienone is 1. The van der Waals surface area contributed by atoms with Crippen molar-refractivity contribution in [2.24, 2.45) is 0 Å². The summed E-state index contributed by atoms with van der Waals surface area (Å²) in [5.41, 5.74) is 4.55. The van der Waals surface area contributed by atoms with E-state index in [-0.39, 0.29) is 17.0 Å². The van der Waals surface area contributed by atoms with Gasteiger partial charge in [0.25, 0.3) is 17.9 Å². The van der Waals surface area contributed by atoms with Gasteiger partial charge in [-0.05, 0) is 69.4 Å². The number of likely N-dealkylation sites (tertiary alicyclic amines) is 1. The number of piperidine rings is 1. The monoisotopic (exact) mass is 607 g/mol. The van der Waals surface area contributed by atoms with Gasteiger partial charge in [0.15, 0.2) is 0 Å². The molecule has 5 nitrogen and oxygen atoms in total. The molecule has 218 valence electrons. The second kappa shape index (κ2) is 12.7. The molecule has 0 N–H and O–H groups in total. The van der Waals surface area contributed by atoms with Crippen molar-refractivity contribution in [1.29, 1.82) is 0 Å². The van der Waals surface area contributed by atoms with Gasteiger partial charge in [0.05, 0.1) is 28.2 Å². The summed E-state index contributed by atoms with van der Waals surface area (Å²) in [7, 11) is 0. The van der Waals surface area contributed by atoms with E-state index in [2.05, 4.69) is 0 Å². The maximum Gasteiger partial charge on any atom is 0.265 e. The van der Waals surface area contributed by atoms with Crippen LogP contribution in [-0.4, -0.2) is 33.4 Å². The molecule has 9 heteroatoms. The molecule has 0 atom stereocenters. The molecule has 2 aromatic carbocycles. The van der Waals surface area contributed by atoms with Crippen LogP contribution in [0.15, 0.2) is 64.3 Å². The zero-order chi connectivity index (χ0) is 30.0. The van der Waals surface area contributed by atoms with Gasteiger partial charge in [0, 0.05) is 34.6 Å². The zero-order valence-electron chi connectivity index (χ0n) is 23.8. The number of hydrogen-bond donors (Lipinski definition) is 0. The second-order valence-electron chi connectivity index (χ2n) is 10.7. The largest absolute Gasteiger partial charge is 0.339 e. The number of halogens is 3. The quantitative estimate of drug-likeness (QED) is 0.211. The summed E-state index contributed by atoms with van der Waals surface area (Å²) < 4.78 is 27.8. The molecule has 1 aliphatic rings. The number of alkyl halides is 2. The van der Waals surface area contributed by atoms with Crippen LogP contribution in [0.5, 0.6) is 0 Å². The Labute approximate surface area is 253 Å². The van der Waals surface area contributed by atoms with Crippen LogP contribution in [0.25, 0.3) is 33.6 Å². The van der Waals surface area contributed by atoms with E-state index in [1.54, 1.807) is 40.3 Å². The average Bonchev–Trinajstić information content (AvgIpc) is 3.47. The van der Waals surface area contributed by atoms with Gasteiger partial charge in [0.2, 0.25) is 0 Å². The van der Waals surface area contributed by atoms with Gasteiger partial charge in [0.1, 0.15) is 5.01 Å². The Morgan fingerprint density at radius 3 is 2.43 bits per heavy atom. The topological polar surface area (TPSA) is 55.2 Å². The third kappa shape index (κ3) is 6.10. The Balaban J connectivity index is 1.76. The SMILES string of the molecule is CCc1ccc(Cl)cc1-n1c(C=C(C)C)c(C(=O)N2CCCCC2)cc(-c2nc(-c3ccc(C(F)F)cc3)cs2)c1=O. The highest BCUT2D eigenvalue weighted by molar-refractivity contribution is 7.13. The van der Waals surface area contributed by atoms with E-state index in [1.807, 2.05) is 37.8 Å². The number of hydrogen-bond acceptors (Lipinski definition) is 4. The lowest BCUT2D eigenvalue weighted by Crippen LogP contribution is -2.37. The van der Waals surface area contributed by atoms with Crippen molar-refractivity contribution in [3.8, 4) is 27.5 Å². The zero-order valence-corrected chi connectivity index (χ0v) is 25.4. The molecule has 0 unspecified atom stereocenters. The van der Waals surface area contributed by atoms with Crippen LogP contribution < -0.4 is 5.56 Å². The summed E-state index contributed by atoms with van der Waals surface area (Å²) in [6.07, 6.45) is 2.93. The number of pyridine rings is 1. The lowest BCUT2D eigenvalue weighted by Gasteiger charge is -2.28. The van der Waals surface area contributed by atoms with Crippen LogP contribution >= 0.6 is 22.9 Å². The predicted molar refractivity (Wildman–Crippen MR) is 167 cm³/mol. The third-order valence-electron chi connectivity index (χ3n) is 7.40. The number of carbonyl (C=O) groups is 1. The van der Waals surface area contributed by atoms with Crippen LogP contribution in [0.1, 0.15) is 73.6 Å². The minimum atomic E-state index is -2.56. The fourth-order valence-corrected chi connectivity index (χ4v) is 6.25. The normalized spacial score (nSPS) is 13.5. The van der Waals surface area contributed by atoms with Gasteiger partial charge >= 0.3 is 0 Å². The number of aryl methyl sites for hydroxylation is 1. The molecule has 0 aliphatic carbocycles. The van der Waals surface area contributed by atoms with Gasteiger partial charge in [-0.15, -0.1) is 11.3 Å². The van der Waals surface area contributed by atoms with Crippen molar-refractivity contribution >= 4 is 34.9 Å². The number of amides is 1. The number of aromatic nitrogens is 2. The van der Waals surface area contributed by atoms with Crippen LogP contribution in [-0.2, 0) is 6.42 Å². The smallest absolute Gasteiger partial charge is 0.265 e. The number of nitrogens with zero attached hydrogens (tertiary/aromatic N) is 3. The fraction of sp³-hybridized carbons (Fsp3) is 0.303. The van der Waals surface area contributed by atoms with Crippen LogP contribution in [0.2, 0.25) is 5.02 Å². The minimum absolute atomic E-state index is 0.0685. The summed E-state index contributed by atoms with van der Waals surface area (Å²) >= 11 is 7.73. The second-order valence-corrected chi connectivity index (χ2v) is 12.0. The Kier molecular flexibility index (Phi) is 9.04. The van der Waals surface area contributed by atoms with Crippen LogP contribution in [0.3, 0.4) is 0 Å². The van der Waals surface area contributed by atoms with Crippen molar-refractivity contribution in [2.45, 2.75) is 52.9 Å². The first kappa shape index (κ1) is 29.9. The molecule has 0 bridgehead atoms. The van der Waals surface area contributed by atoms with Gasteiger partial charge in [-0.2, -0.15) is 0 Å². The summed E-state index contributed by atoms with van der Waals surface area (Å²) in [5, 5.41) is 2.72. The molecule has 1 fully saturated rings. The van der Waals surface area contributed by atoms with E-state index in [4.69, 9.17) is 16.6 Å². The third-order valence-corrected chi connectivity index (χ3v) is 8.51. The maximum absolute atomic E-state index is 14.4. The Morgan fingerprint density at radius 2 is 1.79 bits per heavy atom. The highest BCUT2D eigenvalue weighted by Gasteiger charge is 2.27. The van der Waals surface area contributed by atoms with Crippen molar-refractivity contribution in [3.63, 3.8) is 0 Å². The van der Waals surface area contributed by atoms with Crippen molar-refractivity contribution in [1.82, 2.24) is 14.5 Å². The molecule has 1 amide bonds. The van der Waals surface area contributed by atoms with Gasteiger partial charge in [-0.1, -0.05) is 54.4 Å². The van der Waals surface area contributed by atoms with Gasteiger partial charge in [-0.25, -0.2) is 13.8 Å². The molecule has 5 rings (SSSR count). The molecule has 0 saturated carbocycles. The van der Waals surface area contributed by atoms with E-state index in [9.17, 15) is 18.4 Å². The predicted octanol–water partition coefficient (Wildman–Crippen LogP) is 8.83. The molecular weight excluding hydrogens is 576 g/mol. The van der Waals surface area contributed by atoms with E-state index in [0.717, 1.165) is 30.4 Å². The summed E-state index contributed by atoms with van der Waals surface area (Å²) in [6, 6.07) is 13.1. The maximum atomic E-state index is 14.4. The lowest BCUT2D eigenvalue weighted by molar-refractivity contribution is 0.0723. The van der Waals surface area contributed by atoms with E-state index >= 15 is 0 Å². The number of benzene rings is 2. The highest BCUT2D eigenvalue weighted by Crippen LogP contribution is 2.32. The first-order valence-corrected chi connectivity index (χ1v) is 15.3. The Bertz CT molecular complexity index is 1700. The number of thiazole rings is 1. The van der Waals surface area contributed by atoms with E-state index < -0.39 is 6.43 Å². The van der Waals surface area contributed by atoms with Crippen molar-refractivity contribution < 1.29 is 13.6 Å². The minimum Gasteiger partial charge on any atom is -0.339 e. The number of carbonyl (C=O) groups excluding carboxylic acids is 1. The highest BCUT2D eigenvalue weighted by atomic mass is 35.5. The summed E-state index contributed by atoms with van der Waals surface area (Å²) in [5.74, 6) is -0.128. The first-order valence-electron chi connectivity index (χ1n) is 14.0. The lowest BCUT2D eigenvalue weighted by atomic mass is 10.0. The fourth-order valence-electron chi connectivity index (χ4n) is 5.25. The van der Waals surface area contributed by atoms with Crippen LogP contribution in [0.4, 0.5) is 8.78 Å². The number of rotatable bonds is 7. The van der Waals surface area contributed by atoms with Crippen LogP contribution in [0, 0.1) is 0 Å². The van der Waals surface area contributed by atoms with Crippen molar-refractivity contribution in [2.75, 3.05) is 13.1 Å². The van der Waals surface area contributed by atoms with E-state index in [1.165, 1.54) is 23.5 Å². The van der Waals surface area contributed by atoms with Gasteiger partial charge < -0.3 is 4.90 Å². The molecule has 3 heterocycles. The Morgan fingerprint density at radius 1 is 1.07 bits per heavy atom. The molecule has 4 aromatic rings. The molecule has 0 spiro atoms. The Hall–Kier alpha value is -3.62. The van der Waals surface area contributed by atoms with Gasteiger partial charge in [-0.3, -0.25) is 14.2 Å².